The number of carbonyl (C=O) groups excluding carboxylic acids is 1. The Morgan fingerprint density at radius 1 is 1.28 bits per heavy atom. The number of aromatic amines is 1. The largest absolute Gasteiger partial charge is 0.497 e. The quantitative estimate of drug-likeness (QED) is 0.782. The summed E-state index contributed by atoms with van der Waals surface area (Å²) in [5.41, 5.74) is 5.22. The lowest BCUT2D eigenvalue weighted by molar-refractivity contribution is 0.0739. The van der Waals surface area contributed by atoms with Gasteiger partial charge in [-0.05, 0) is 48.2 Å². The molecule has 1 amide bonds. The van der Waals surface area contributed by atoms with E-state index in [0.29, 0.717) is 13.1 Å². The van der Waals surface area contributed by atoms with Gasteiger partial charge >= 0.3 is 0 Å². The monoisotopic (exact) mass is 353 g/mol. The molecule has 3 heterocycles. The van der Waals surface area contributed by atoms with Gasteiger partial charge < -0.3 is 9.64 Å². The van der Waals surface area contributed by atoms with E-state index in [1.165, 1.54) is 11.3 Å². The maximum atomic E-state index is 12.8. The zero-order chi connectivity index (χ0) is 17.4. The fourth-order valence-corrected chi connectivity index (χ4v) is 4.08. The second-order valence-electron chi connectivity index (χ2n) is 6.17. The van der Waals surface area contributed by atoms with E-state index in [1.807, 2.05) is 47.5 Å². The molecule has 25 heavy (non-hydrogen) atoms. The third-order valence-electron chi connectivity index (χ3n) is 4.64. The Morgan fingerprint density at radius 3 is 2.76 bits per heavy atom. The van der Waals surface area contributed by atoms with Crippen molar-refractivity contribution in [3.63, 3.8) is 0 Å². The Labute approximate surface area is 150 Å². The first-order valence-electron chi connectivity index (χ1n) is 8.21. The van der Waals surface area contributed by atoms with Crippen molar-refractivity contribution in [3.8, 4) is 17.0 Å². The van der Waals surface area contributed by atoms with Gasteiger partial charge in [-0.25, -0.2) is 0 Å². The first-order valence-corrected chi connectivity index (χ1v) is 9.09. The minimum Gasteiger partial charge on any atom is -0.497 e. The average Bonchev–Trinajstić information content (AvgIpc) is 3.26. The Balaban J connectivity index is 1.63. The lowest BCUT2D eigenvalue weighted by atomic mass is 10.0. The molecular weight excluding hydrogens is 334 g/mol. The van der Waals surface area contributed by atoms with Crippen LogP contribution in [0.5, 0.6) is 5.75 Å². The molecule has 0 aliphatic carbocycles. The van der Waals surface area contributed by atoms with Gasteiger partial charge in [0.15, 0.2) is 0 Å². The van der Waals surface area contributed by atoms with E-state index in [1.54, 1.807) is 7.11 Å². The van der Waals surface area contributed by atoms with E-state index in [2.05, 4.69) is 10.2 Å². The van der Waals surface area contributed by atoms with E-state index in [-0.39, 0.29) is 5.91 Å². The summed E-state index contributed by atoms with van der Waals surface area (Å²) < 4.78 is 5.22. The van der Waals surface area contributed by atoms with Crippen LogP contribution < -0.4 is 4.74 Å². The highest BCUT2D eigenvalue weighted by molar-refractivity contribution is 7.12. The van der Waals surface area contributed by atoms with Crippen molar-refractivity contribution in [2.24, 2.45) is 0 Å². The Bertz CT molecular complexity index is 911. The number of aryl methyl sites for hydroxylation is 1. The van der Waals surface area contributed by atoms with E-state index < -0.39 is 0 Å². The summed E-state index contributed by atoms with van der Waals surface area (Å²) >= 11 is 1.51. The second kappa shape index (κ2) is 6.37. The standard InChI is InChI=1S/C19H19N3O2S/c1-12-8-10-25-18(12)19(23)22-9-7-16-15(11-22)17(21-20-16)13-3-5-14(24-2)6-4-13/h3-6,8,10H,7,9,11H2,1-2H3,(H,20,21). The fourth-order valence-electron chi connectivity index (χ4n) is 3.19. The van der Waals surface area contributed by atoms with Gasteiger partial charge in [-0.3, -0.25) is 9.89 Å². The lowest BCUT2D eigenvalue weighted by Crippen LogP contribution is -2.35. The molecule has 0 atom stereocenters. The van der Waals surface area contributed by atoms with Crippen molar-refractivity contribution in [2.45, 2.75) is 19.9 Å². The number of hydrogen-bond donors (Lipinski definition) is 1. The van der Waals surface area contributed by atoms with Crippen LogP contribution in [-0.4, -0.2) is 34.7 Å². The maximum Gasteiger partial charge on any atom is 0.264 e. The number of aromatic nitrogens is 2. The van der Waals surface area contributed by atoms with E-state index in [9.17, 15) is 4.79 Å². The van der Waals surface area contributed by atoms with Crippen LogP contribution in [0.15, 0.2) is 35.7 Å². The second-order valence-corrected chi connectivity index (χ2v) is 7.08. The van der Waals surface area contributed by atoms with Gasteiger partial charge in [-0.15, -0.1) is 11.3 Å². The van der Waals surface area contributed by atoms with Crippen molar-refractivity contribution in [1.29, 1.82) is 0 Å². The Kier molecular flexibility index (Phi) is 4.05. The molecule has 0 radical (unpaired) electrons. The molecule has 6 heteroatoms. The molecule has 0 bridgehead atoms. The highest BCUT2D eigenvalue weighted by Gasteiger charge is 2.27. The van der Waals surface area contributed by atoms with Crippen molar-refractivity contribution in [1.82, 2.24) is 15.1 Å². The predicted octanol–water partition coefficient (Wildman–Crippen LogP) is 3.65. The zero-order valence-corrected chi connectivity index (χ0v) is 15.0. The van der Waals surface area contributed by atoms with Crippen LogP contribution in [0, 0.1) is 6.92 Å². The summed E-state index contributed by atoms with van der Waals surface area (Å²) in [5.74, 6) is 0.929. The normalized spacial score (nSPS) is 13.6. The van der Waals surface area contributed by atoms with Crippen molar-refractivity contribution in [2.75, 3.05) is 13.7 Å². The molecule has 0 unspecified atom stereocenters. The molecule has 2 aromatic heterocycles. The van der Waals surface area contributed by atoms with Crippen LogP contribution in [0.25, 0.3) is 11.3 Å². The van der Waals surface area contributed by atoms with E-state index in [4.69, 9.17) is 4.74 Å². The smallest absolute Gasteiger partial charge is 0.264 e. The highest BCUT2D eigenvalue weighted by Crippen LogP contribution is 2.30. The van der Waals surface area contributed by atoms with Crippen LogP contribution in [-0.2, 0) is 13.0 Å². The van der Waals surface area contributed by atoms with Crippen LogP contribution in [0.1, 0.15) is 26.5 Å². The summed E-state index contributed by atoms with van der Waals surface area (Å²) in [5, 5.41) is 9.61. The molecule has 3 aromatic rings. The number of H-pyrrole nitrogens is 1. The minimum absolute atomic E-state index is 0.111. The molecule has 1 aliphatic rings. The summed E-state index contributed by atoms with van der Waals surface area (Å²) in [6.45, 7) is 3.29. The number of benzene rings is 1. The van der Waals surface area contributed by atoms with Crippen LogP contribution >= 0.6 is 11.3 Å². The molecule has 1 N–H and O–H groups in total. The maximum absolute atomic E-state index is 12.8. The molecule has 1 aromatic carbocycles. The molecule has 4 rings (SSSR count). The van der Waals surface area contributed by atoms with Gasteiger partial charge in [0.1, 0.15) is 5.75 Å². The summed E-state index contributed by atoms with van der Waals surface area (Å²) in [6.07, 6.45) is 0.800. The molecule has 0 saturated carbocycles. The summed E-state index contributed by atoms with van der Waals surface area (Å²) in [4.78, 5) is 15.6. The lowest BCUT2D eigenvalue weighted by Gasteiger charge is -2.27. The van der Waals surface area contributed by atoms with Gasteiger partial charge in [0.05, 0.1) is 17.7 Å². The minimum atomic E-state index is 0.111. The molecular formula is C19H19N3O2S. The zero-order valence-electron chi connectivity index (χ0n) is 14.2. The molecule has 128 valence electrons. The third-order valence-corrected chi connectivity index (χ3v) is 5.64. The number of rotatable bonds is 3. The van der Waals surface area contributed by atoms with Gasteiger partial charge in [0, 0.05) is 36.3 Å². The summed E-state index contributed by atoms with van der Waals surface area (Å²) in [7, 11) is 1.65. The number of hydrogen-bond acceptors (Lipinski definition) is 4. The molecule has 0 saturated heterocycles. The average molecular weight is 353 g/mol. The van der Waals surface area contributed by atoms with Crippen molar-refractivity contribution < 1.29 is 9.53 Å². The fraction of sp³-hybridized carbons (Fsp3) is 0.263. The number of methoxy groups -OCH3 is 1. The van der Waals surface area contributed by atoms with Gasteiger partial charge in [0.2, 0.25) is 0 Å². The number of ether oxygens (including phenoxy) is 1. The van der Waals surface area contributed by atoms with Gasteiger partial charge in [0.25, 0.3) is 5.91 Å². The van der Waals surface area contributed by atoms with Gasteiger partial charge in [-0.2, -0.15) is 5.10 Å². The topological polar surface area (TPSA) is 58.2 Å². The number of carbonyl (C=O) groups is 1. The number of amides is 1. The molecule has 0 fully saturated rings. The first-order chi connectivity index (χ1) is 12.2. The third kappa shape index (κ3) is 2.82. The number of nitrogens with one attached hydrogen (secondary N) is 1. The summed E-state index contributed by atoms with van der Waals surface area (Å²) in [6, 6.07) is 9.85. The van der Waals surface area contributed by atoms with E-state index in [0.717, 1.165) is 45.1 Å². The first kappa shape index (κ1) is 15.9. The SMILES string of the molecule is COc1ccc(-c2n[nH]c3c2CN(C(=O)c2sccc2C)CC3)cc1. The molecule has 0 spiro atoms. The van der Waals surface area contributed by atoms with E-state index >= 15 is 0 Å². The molecule has 5 nitrogen and oxygen atoms in total. The van der Waals surface area contributed by atoms with Crippen molar-refractivity contribution in [3.05, 3.63) is 57.4 Å². The predicted molar refractivity (Wildman–Crippen MR) is 98.1 cm³/mol. The van der Waals surface area contributed by atoms with Gasteiger partial charge in [-0.1, -0.05) is 0 Å². The Morgan fingerprint density at radius 2 is 2.08 bits per heavy atom. The van der Waals surface area contributed by atoms with Crippen LogP contribution in [0.2, 0.25) is 0 Å². The number of nitrogens with zero attached hydrogens (tertiary/aromatic N) is 2. The van der Waals surface area contributed by atoms with Crippen molar-refractivity contribution >= 4 is 17.2 Å². The van der Waals surface area contributed by atoms with Crippen LogP contribution in [0.4, 0.5) is 0 Å². The highest BCUT2D eigenvalue weighted by atomic mass is 32.1. The number of fused-ring (bicyclic) bond motifs is 1. The Hall–Kier alpha value is -2.60. The number of thiophene rings is 1. The molecule has 1 aliphatic heterocycles. The van der Waals surface area contributed by atoms with Crippen LogP contribution in [0.3, 0.4) is 0 Å².